The van der Waals surface area contributed by atoms with Gasteiger partial charge in [0.25, 0.3) is 0 Å². The lowest BCUT2D eigenvalue weighted by molar-refractivity contribution is -0.136. The molecule has 0 aliphatic carbocycles. The van der Waals surface area contributed by atoms with E-state index in [-0.39, 0.29) is 0 Å². The monoisotopic (exact) mass is 481 g/mol. The van der Waals surface area contributed by atoms with Crippen LogP contribution in [0.1, 0.15) is 24.5 Å². The highest BCUT2D eigenvalue weighted by Crippen LogP contribution is 2.25. The fourth-order valence-electron chi connectivity index (χ4n) is 3.45. The van der Waals surface area contributed by atoms with Crippen molar-refractivity contribution in [2.75, 3.05) is 11.9 Å². The van der Waals surface area contributed by atoms with Gasteiger partial charge in [-0.1, -0.05) is 43.3 Å². The smallest absolute Gasteiger partial charge is 0.329 e. The molecule has 0 saturated carbocycles. The Balaban J connectivity index is 1.53. The highest BCUT2D eigenvalue weighted by molar-refractivity contribution is 6.39. The molecule has 36 heavy (non-hydrogen) atoms. The van der Waals surface area contributed by atoms with Crippen LogP contribution in [0.5, 0.6) is 5.75 Å². The molecule has 4 rings (SSSR count). The van der Waals surface area contributed by atoms with Crippen molar-refractivity contribution in [3.63, 3.8) is 0 Å². The zero-order valence-electron chi connectivity index (χ0n) is 20.1. The van der Waals surface area contributed by atoms with Crippen LogP contribution in [-0.4, -0.2) is 34.4 Å². The van der Waals surface area contributed by atoms with Gasteiger partial charge in [-0.25, -0.2) is 10.1 Å². The van der Waals surface area contributed by atoms with Gasteiger partial charge in [-0.3, -0.25) is 9.59 Å². The Kier molecular flexibility index (Phi) is 7.87. The summed E-state index contributed by atoms with van der Waals surface area (Å²) in [5.41, 5.74) is 6.79. The first kappa shape index (κ1) is 24.4. The van der Waals surface area contributed by atoms with Crippen LogP contribution < -0.4 is 15.5 Å². The molecule has 0 aliphatic rings. The van der Waals surface area contributed by atoms with Gasteiger partial charge in [-0.2, -0.15) is 10.2 Å². The SMILES string of the molecule is CCCOc1ccc(-c2nn(-c3ccccc3)cc2/C=N\NC(=O)C(=O)Nc2ccccc2C)cc1. The number of hydrazone groups is 1. The van der Waals surface area contributed by atoms with Gasteiger partial charge in [0.05, 0.1) is 18.5 Å². The predicted molar refractivity (Wildman–Crippen MR) is 140 cm³/mol. The van der Waals surface area contributed by atoms with Crippen molar-refractivity contribution < 1.29 is 14.3 Å². The maximum atomic E-state index is 12.3. The Hall–Kier alpha value is -4.72. The van der Waals surface area contributed by atoms with Gasteiger partial charge in [0, 0.05) is 23.0 Å². The molecule has 3 aromatic carbocycles. The molecule has 0 bridgehead atoms. The number of para-hydroxylation sites is 2. The predicted octanol–water partition coefficient (Wildman–Crippen LogP) is 4.73. The number of benzene rings is 3. The summed E-state index contributed by atoms with van der Waals surface area (Å²) in [5, 5.41) is 11.3. The molecule has 0 aliphatic heterocycles. The van der Waals surface area contributed by atoms with E-state index in [4.69, 9.17) is 9.84 Å². The standard InChI is InChI=1S/C28H27N5O3/c1-3-17-36-24-15-13-21(14-16-24)26-22(19-33(32-26)23-10-5-4-6-11-23)18-29-31-28(35)27(34)30-25-12-8-7-9-20(25)2/h4-16,18-19H,3,17H2,1-2H3,(H,30,34)(H,31,35)/b29-18-. The van der Waals surface area contributed by atoms with Crippen molar-refractivity contribution in [1.82, 2.24) is 15.2 Å². The number of carbonyl (C=O) groups is 2. The lowest BCUT2D eigenvalue weighted by Crippen LogP contribution is -2.32. The Labute approximate surface area is 209 Å². The highest BCUT2D eigenvalue weighted by Gasteiger charge is 2.15. The molecule has 0 saturated heterocycles. The second-order valence-electron chi connectivity index (χ2n) is 8.05. The Morgan fingerprint density at radius 3 is 2.42 bits per heavy atom. The number of carbonyl (C=O) groups excluding carboxylic acids is 2. The lowest BCUT2D eigenvalue weighted by Gasteiger charge is -2.06. The van der Waals surface area contributed by atoms with Gasteiger partial charge in [0.15, 0.2) is 0 Å². The minimum Gasteiger partial charge on any atom is -0.494 e. The first-order chi connectivity index (χ1) is 17.5. The first-order valence-corrected chi connectivity index (χ1v) is 11.6. The summed E-state index contributed by atoms with van der Waals surface area (Å²) in [4.78, 5) is 24.5. The average Bonchev–Trinajstić information content (AvgIpc) is 3.33. The second-order valence-corrected chi connectivity index (χ2v) is 8.05. The van der Waals surface area contributed by atoms with Gasteiger partial charge < -0.3 is 10.1 Å². The third kappa shape index (κ3) is 6.04. The summed E-state index contributed by atoms with van der Waals surface area (Å²) in [6, 6.07) is 24.5. The average molecular weight is 482 g/mol. The van der Waals surface area contributed by atoms with E-state index in [1.165, 1.54) is 6.21 Å². The van der Waals surface area contributed by atoms with E-state index in [1.807, 2.05) is 79.9 Å². The summed E-state index contributed by atoms with van der Waals surface area (Å²) in [5.74, 6) is -0.890. The van der Waals surface area contributed by atoms with E-state index < -0.39 is 11.8 Å². The maximum Gasteiger partial charge on any atom is 0.329 e. The van der Waals surface area contributed by atoms with Gasteiger partial charge in [0.1, 0.15) is 11.4 Å². The molecule has 0 atom stereocenters. The van der Waals surface area contributed by atoms with Gasteiger partial charge in [0.2, 0.25) is 0 Å². The minimum absolute atomic E-state index is 0.569. The van der Waals surface area contributed by atoms with E-state index in [1.54, 1.807) is 16.8 Å². The molecule has 0 unspecified atom stereocenters. The van der Waals surface area contributed by atoms with Gasteiger partial charge in [-0.05, 0) is 61.4 Å². The second kappa shape index (κ2) is 11.6. The molecule has 2 amide bonds. The van der Waals surface area contributed by atoms with Crippen LogP contribution in [0.4, 0.5) is 5.69 Å². The first-order valence-electron chi connectivity index (χ1n) is 11.6. The van der Waals surface area contributed by atoms with Gasteiger partial charge >= 0.3 is 11.8 Å². The molecule has 1 heterocycles. The number of aromatic nitrogens is 2. The zero-order valence-corrected chi connectivity index (χ0v) is 20.1. The third-order valence-electron chi connectivity index (χ3n) is 5.33. The highest BCUT2D eigenvalue weighted by atomic mass is 16.5. The third-order valence-corrected chi connectivity index (χ3v) is 5.33. The Morgan fingerprint density at radius 1 is 0.972 bits per heavy atom. The molecule has 8 nitrogen and oxygen atoms in total. The van der Waals surface area contributed by atoms with Crippen LogP contribution in [0, 0.1) is 6.92 Å². The van der Waals surface area contributed by atoms with Crippen LogP contribution in [0.15, 0.2) is 90.2 Å². The Morgan fingerprint density at radius 2 is 1.69 bits per heavy atom. The molecular formula is C28H27N5O3. The van der Waals surface area contributed by atoms with Crippen molar-refractivity contribution >= 4 is 23.7 Å². The number of hydrogen-bond donors (Lipinski definition) is 2. The van der Waals surface area contributed by atoms with E-state index in [2.05, 4.69) is 22.8 Å². The van der Waals surface area contributed by atoms with E-state index >= 15 is 0 Å². The summed E-state index contributed by atoms with van der Waals surface area (Å²) in [7, 11) is 0. The summed E-state index contributed by atoms with van der Waals surface area (Å²) in [6.45, 7) is 4.55. The van der Waals surface area contributed by atoms with Crippen LogP contribution >= 0.6 is 0 Å². The summed E-state index contributed by atoms with van der Waals surface area (Å²) < 4.78 is 7.42. The summed E-state index contributed by atoms with van der Waals surface area (Å²) >= 11 is 0. The van der Waals surface area contributed by atoms with E-state index in [0.29, 0.717) is 23.6 Å². The molecule has 182 valence electrons. The van der Waals surface area contributed by atoms with Crippen LogP contribution in [0.2, 0.25) is 0 Å². The molecule has 0 fully saturated rings. The zero-order chi connectivity index (χ0) is 25.3. The number of nitrogens with one attached hydrogen (secondary N) is 2. The van der Waals surface area contributed by atoms with Crippen molar-refractivity contribution in [2.45, 2.75) is 20.3 Å². The maximum absolute atomic E-state index is 12.3. The largest absolute Gasteiger partial charge is 0.494 e. The number of hydrogen-bond acceptors (Lipinski definition) is 5. The van der Waals surface area contributed by atoms with E-state index in [0.717, 1.165) is 29.0 Å². The fraction of sp³-hybridized carbons (Fsp3) is 0.143. The topological polar surface area (TPSA) is 97.6 Å². The molecule has 1 aromatic heterocycles. The van der Waals surface area contributed by atoms with Crippen molar-refractivity contribution in [1.29, 1.82) is 0 Å². The van der Waals surface area contributed by atoms with Crippen LogP contribution in [-0.2, 0) is 9.59 Å². The molecule has 2 N–H and O–H groups in total. The number of rotatable bonds is 8. The fourth-order valence-corrected chi connectivity index (χ4v) is 3.45. The Bertz CT molecular complexity index is 1360. The molecule has 4 aromatic rings. The number of anilines is 1. The number of nitrogens with zero attached hydrogens (tertiary/aromatic N) is 3. The van der Waals surface area contributed by atoms with E-state index in [9.17, 15) is 9.59 Å². The number of amides is 2. The van der Waals surface area contributed by atoms with Crippen molar-refractivity contribution in [2.24, 2.45) is 5.10 Å². The van der Waals surface area contributed by atoms with Crippen LogP contribution in [0.25, 0.3) is 16.9 Å². The van der Waals surface area contributed by atoms with Gasteiger partial charge in [-0.15, -0.1) is 0 Å². The normalized spacial score (nSPS) is 10.8. The lowest BCUT2D eigenvalue weighted by atomic mass is 10.1. The molecular weight excluding hydrogens is 454 g/mol. The van der Waals surface area contributed by atoms with Crippen molar-refractivity contribution in [3.8, 4) is 22.7 Å². The quantitative estimate of drug-likeness (QED) is 0.216. The molecule has 0 radical (unpaired) electrons. The summed E-state index contributed by atoms with van der Waals surface area (Å²) in [6.07, 6.45) is 4.22. The van der Waals surface area contributed by atoms with Crippen LogP contribution in [0.3, 0.4) is 0 Å². The molecule has 0 spiro atoms. The molecule has 8 heteroatoms. The van der Waals surface area contributed by atoms with Crippen molar-refractivity contribution in [3.05, 3.63) is 96.2 Å². The number of ether oxygens (including phenoxy) is 1. The minimum atomic E-state index is -0.871. The number of aryl methyl sites for hydroxylation is 1.